The largest absolute Gasteiger partial charge is 0.444 e. The summed E-state index contributed by atoms with van der Waals surface area (Å²) in [5, 5.41) is 0. The molecule has 0 unspecified atom stereocenters. The summed E-state index contributed by atoms with van der Waals surface area (Å²) in [6, 6.07) is 9.48. The molecule has 0 bridgehead atoms. The molecule has 8 heteroatoms. The molecule has 0 heterocycles. The molecule has 0 radical (unpaired) electrons. The molecule has 0 aliphatic heterocycles. The standard InChI is InChI=1S/C22H42N2O4P2/c1-17(2)23(18(3)4)29(24(19(5)6)20(7)8)28-22-13-11-12-21(16-22)14-15-30(25,26-9)27-10/h11-13,16-20H,14-15H2,1-10H3. The molecule has 1 aromatic carbocycles. The van der Waals surface area contributed by atoms with Gasteiger partial charge in [0.1, 0.15) is 5.75 Å². The summed E-state index contributed by atoms with van der Waals surface area (Å²) in [6.07, 6.45) is 0.941. The monoisotopic (exact) mass is 460 g/mol. The number of rotatable bonds is 13. The van der Waals surface area contributed by atoms with Gasteiger partial charge in [-0.25, -0.2) is 9.34 Å². The van der Waals surface area contributed by atoms with Gasteiger partial charge in [-0.3, -0.25) is 4.57 Å². The molecule has 1 rings (SSSR count). The molecule has 6 nitrogen and oxygen atoms in total. The molecular formula is C22H42N2O4P2. The summed E-state index contributed by atoms with van der Waals surface area (Å²) in [7, 11) is -1.18. The Morgan fingerprint density at radius 1 is 0.867 bits per heavy atom. The maximum atomic E-state index is 12.4. The quantitative estimate of drug-likeness (QED) is 0.311. The van der Waals surface area contributed by atoms with Crippen molar-refractivity contribution in [2.75, 3.05) is 20.4 Å². The first-order chi connectivity index (χ1) is 14.0. The minimum Gasteiger partial charge on any atom is -0.444 e. The van der Waals surface area contributed by atoms with Crippen molar-refractivity contribution in [1.82, 2.24) is 9.34 Å². The highest BCUT2D eigenvalue weighted by atomic mass is 31.2. The summed E-state index contributed by atoms with van der Waals surface area (Å²) in [5.74, 6) is 0.834. The van der Waals surface area contributed by atoms with Crippen molar-refractivity contribution in [3.05, 3.63) is 29.8 Å². The highest BCUT2D eigenvalue weighted by Gasteiger charge is 2.35. The van der Waals surface area contributed by atoms with Crippen LogP contribution in [0, 0.1) is 0 Å². The van der Waals surface area contributed by atoms with E-state index in [1.807, 2.05) is 24.3 Å². The van der Waals surface area contributed by atoms with E-state index in [0.29, 0.717) is 36.8 Å². The van der Waals surface area contributed by atoms with Gasteiger partial charge < -0.3 is 13.6 Å². The maximum absolute atomic E-state index is 12.4. The van der Waals surface area contributed by atoms with Gasteiger partial charge in [0.05, 0.1) is 6.16 Å². The molecule has 0 fully saturated rings. The molecule has 0 saturated heterocycles. The molecule has 0 aromatic heterocycles. The van der Waals surface area contributed by atoms with E-state index >= 15 is 0 Å². The Balaban J connectivity index is 3.19. The third kappa shape index (κ3) is 7.89. The summed E-state index contributed by atoms with van der Waals surface area (Å²) in [6.45, 7) is 17.8. The third-order valence-electron chi connectivity index (χ3n) is 4.83. The molecule has 0 atom stereocenters. The average Bonchev–Trinajstić information content (AvgIpc) is 2.65. The molecule has 0 saturated carbocycles. The lowest BCUT2D eigenvalue weighted by Gasteiger charge is -2.45. The SMILES string of the molecule is COP(=O)(CCc1cccc(OP(N(C(C)C)C(C)C)N(C(C)C)C(C)C)c1)OC. The Morgan fingerprint density at radius 3 is 1.73 bits per heavy atom. The van der Waals surface area contributed by atoms with Crippen LogP contribution >= 0.6 is 16.0 Å². The second-order valence-electron chi connectivity index (χ2n) is 8.58. The van der Waals surface area contributed by atoms with Crippen molar-refractivity contribution in [2.24, 2.45) is 0 Å². The first-order valence-electron chi connectivity index (χ1n) is 10.8. The molecular weight excluding hydrogens is 418 g/mol. The lowest BCUT2D eigenvalue weighted by Crippen LogP contribution is -2.44. The predicted octanol–water partition coefficient (Wildman–Crippen LogP) is 6.56. The molecule has 0 spiro atoms. The van der Waals surface area contributed by atoms with Crippen molar-refractivity contribution in [1.29, 1.82) is 0 Å². The van der Waals surface area contributed by atoms with Crippen LogP contribution in [-0.4, -0.2) is 53.9 Å². The van der Waals surface area contributed by atoms with Crippen molar-refractivity contribution in [3.8, 4) is 5.75 Å². The van der Waals surface area contributed by atoms with Crippen LogP contribution in [0.15, 0.2) is 24.3 Å². The highest BCUT2D eigenvalue weighted by Crippen LogP contribution is 2.51. The fraction of sp³-hybridized carbons (Fsp3) is 0.727. The van der Waals surface area contributed by atoms with Crippen molar-refractivity contribution in [3.63, 3.8) is 0 Å². The van der Waals surface area contributed by atoms with E-state index in [-0.39, 0.29) is 0 Å². The van der Waals surface area contributed by atoms with Crippen LogP contribution in [0.25, 0.3) is 0 Å². The van der Waals surface area contributed by atoms with E-state index < -0.39 is 16.0 Å². The predicted molar refractivity (Wildman–Crippen MR) is 128 cm³/mol. The van der Waals surface area contributed by atoms with Gasteiger partial charge >= 0.3 is 7.60 Å². The lowest BCUT2D eigenvalue weighted by atomic mass is 10.2. The van der Waals surface area contributed by atoms with Crippen LogP contribution in [0.2, 0.25) is 0 Å². The van der Waals surface area contributed by atoms with Crippen LogP contribution in [-0.2, 0) is 20.0 Å². The zero-order chi connectivity index (χ0) is 23.1. The Hall–Kier alpha value is -0.480. The van der Waals surface area contributed by atoms with Crippen LogP contribution in [0.1, 0.15) is 61.0 Å². The number of hydrogen-bond donors (Lipinski definition) is 0. The second-order valence-corrected chi connectivity index (χ2v) is 12.6. The Labute approximate surface area is 185 Å². The second kappa shape index (κ2) is 12.5. The highest BCUT2D eigenvalue weighted by molar-refractivity contribution is 7.53. The summed E-state index contributed by atoms with van der Waals surface area (Å²) < 4.78 is 34.1. The summed E-state index contributed by atoms with van der Waals surface area (Å²) in [5.41, 5.74) is 1.05. The van der Waals surface area contributed by atoms with Crippen LogP contribution in [0.3, 0.4) is 0 Å². The number of hydrogen-bond acceptors (Lipinski definition) is 6. The van der Waals surface area contributed by atoms with E-state index in [1.54, 1.807) is 0 Å². The van der Waals surface area contributed by atoms with Gasteiger partial charge in [-0.15, -0.1) is 0 Å². The first-order valence-corrected chi connectivity index (χ1v) is 13.7. The average molecular weight is 461 g/mol. The van der Waals surface area contributed by atoms with Gasteiger partial charge in [0.2, 0.25) is 8.45 Å². The minimum atomic E-state index is -3.03. The summed E-state index contributed by atoms with van der Waals surface area (Å²) in [4.78, 5) is 0. The van der Waals surface area contributed by atoms with E-state index in [0.717, 1.165) is 11.3 Å². The van der Waals surface area contributed by atoms with Crippen LogP contribution in [0.4, 0.5) is 0 Å². The molecule has 30 heavy (non-hydrogen) atoms. The van der Waals surface area contributed by atoms with Crippen molar-refractivity contribution < 1.29 is 18.1 Å². The molecule has 0 N–H and O–H groups in total. The van der Waals surface area contributed by atoms with Gasteiger partial charge in [-0.1, -0.05) is 12.1 Å². The molecule has 0 aliphatic rings. The van der Waals surface area contributed by atoms with E-state index in [1.165, 1.54) is 14.2 Å². The van der Waals surface area contributed by atoms with E-state index in [2.05, 4.69) is 64.7 Å². The smallest absolute Gasteiger partial charge is 0.330 e. The Bertz CT molecular complexity index is 639. The fourth-order valence-corrected chi connectivity index (χ4v) is 6.93. The first kappa shape index (κ1) is 27.6. The molecule has 1 aromatic rings. The normalized spacial score (nSPS) is 13.1. The third-order valence-corrected chi connectivity index (χ3v) is 9.72. The van der Waals surface area contributed by atoms with Gasteiger partial charge in [0.15, 0.2) is 0 Å². The number of nitrogens with zero attached hydrogens (tertiary/aromatic N) is 2. The lowest BCUT2D eigenvalue weighted by molar-refractivity contribution is 0.225. The van der Waals surface area contributed by atoms with Gasteiger partial charge in [-0.2, -0.15) is 0 Å². The molecule has 174 valence electrons. The zero-order valence-corrected chi connectivity index (χ0v) is 22.2. The van der Waals surface area contributed by atoms with Gasteiger partial charge in [-0.05, 0) is 79.5 Å². The van der Waals surface area contributed by atoms with Gasteiger partial charge in [0, 0.05) is 38.4 Å². The van der Waals surface area contributed by atoms with Crippen LogP contribution in [0.5, 0.6) is 5.75 Å². The molecule has 0 aliphatic carbocycles. The Kier molecular flexibility index (Phi) is 11.5. The van der Waals surface area contributed by atoms with E-state index in [4.69, 9.17) is 13.6 Å². The minimum absolute atomic E-state index is 0.340. The molecule has 0 amide bonds. The number of aryl methyl sites for hydroxylation is 1. The van der Waals surface area contributed by atoms with E-state index in [9.17, 15) is 4.57 Å². The zero-order valence-electron chi connectivity index (χ0n) is 20.5. The van der Waals surface area contributed by atoms with Crippen LogP contribution < -0.4 is 4.52 Å². The summed E-state index contributed by atoms with van der Waals surface area (Å²) >= 11 is 0. The van der Waals surface area contributed by atoms with Crippen molar-refractivity contribution >= 4 is 16.0 Å². The van der Waals surface area contributed by atoms with Crippen molar-refractivity contribution in [2.45, 2.75) is 86.0 Å². The maximum Gasteiger partial charge on any atom is 0.330 e. The van der Waals surface area contributed by atoms with Gasteiger partial charge in [0.25, 0.3) is 0 Å². The Morgan fingerprint density at radius 2 is 1.33 bits per heavy atom. The number of benzene rings is 1. The fourth-order valence-electron chi connectivity index (χ4n) is 3.57. The topological polar surface area (TPSA) is 51.2 Å².